The van der Waals surface area contributed by atoms with Gasteiger partial charge in [-0.05, 0) is 66.4 Å². The molecule has 0 spiro atoms. The number of nitrogens with zero attached hydrogens (tertiary/aromatic N) is 4. The number of oxime groups is 1. The molecule has 3 aromatic rings. The maximum Gasteiger partial charge on any atom is 0.335 e. The van der Waals surface area contributed by atoms with E-state index in [0.717, 1.165) is 50.6 Å². The lowest BCUT2D eigenvalue weighted by atomic mass is 9.89. The van der Waals surface area contributed by atoms with Crippen molar-refractivity contribution in [3.63, 3.8) is 0 Å². The average Bonchev–Trinajstić information content (AvgIpc) is 3.54. The van der Waals surface area contributed by atoms with E-state index in [2.05, 4.69) is 26.3 Å². The van der Waals surface area contributed by atoms with E-state index in [0.29, 0.717) is 29.3 Å². The van der Waals surface area contributed by atoms with Crippen LogP contribution in [0.2, 0.25) is 5.02 Å². The second-order valence-electron chi connectivity index (χ2n) is 12.5. The van der Waals surface area contributed by atoms with Gasteiger partial charge in [-0.2, -0.15) is 0 Å². The van der Waals surface area contributed by atoms with Gasteiger partial charge in [-0.3, -0.25) is 14.5 Å². The van der Waals surface area contributed by atoms with Crippen LogP contribution in [0.5, 0.6) is 0 Å². The summed E-state index contributed by atoms with van der Waals surface area (Å²) in [7, 11) is 0. The maximum absolute atomic E-state index is 14.8. The molecule has 0 saturated carbocycles. The Kier molecular flexibility index (Phi) is 8.80. The first-order valence-corrected chi connectivity index (χ1v) is 16.4. The number of aryl methyl sites for hydroxylation is 1. The Bertz CT molecular complexity index is 1810. The third-order valence-corrected chi connectivity index (χ3v) is 9.94. The van der Waals surface area contributed by atoms with E-state index in [4.69, 9.17) is 21.2 Å². The van der Waals surface area contributed by atoms with E-state index in [-0.39, 0.29) is 34.8 Å². The van der Waals surface area contributed by atoms with Gasteiger partial charge in [-0.25, -0.2) is 9.18 Å². The number of carbonyl (C=O) groups excluding carboxylic acids is 2. The van der Waals surface area contributed by atoms with Crippen molar-refractivity contribution in [2.75, 3.05) is 56.2 Å². The van der Waals surface area contributed by atoms with Gasteiger partial charge in [-0.15, -0.1) is 0 Å². The summed E-state index contributed by atoms with van der Waals surface area (Å²) in [6.45, 7) is 6.93. The number of hydrogen-bond acceptors (Lipinski definition) is 8. The normalized spacial score (nSPS) is 21.2. The SMILES string of the molecule is Cc1cc(NC(=O)[C@H]2c3cccc(N4CCN(C5COC5)CC4)c3CCN2C(=O)[C@H]2CC(c3cccc(Cl)c3F)=NO2)ccc1C(=O)O. The monoisotopic (exact) mass is 675 g/mol. The molecule has 2 N–H and O–H groups in total. The summed E-state index contributed by atoms with van der Waals surface area (Å²) >= 11 is 5.98. The summed E-state index contributed by atoms with van der Waals surface area (Å²) in [5.74, 6) is -2.59. The molecule has 2 amide bonds. The van der Waals surface area contributed by atoms with E-state index in [1.54, 1.807) is 19.1 Å². The number of nitrogens with one attached hydrogen (secondary N) is 1. The lowest BCUT2D eigenvalue weighted by Crippen LogP contribution is -2.57. The molecule has 48 heavy (non-hydrogen) atoms. The van der Waals surface area contributed by atoms with E-state index in [9.17, 15) is 23.9 Å². The minimum atomic E-state index is -1.06. The van der Waals surface area contributed by atoms with Crippen LogP contribution in [0, 0.1) is 12.7 Å². The van der Waals surface area contributed by atoms with Crippen LogP contribution in [0.25, 0.3) is 0 Å². The average molecular weight is 676 g/mol. The molecule has 3 aromatic carbocycles. The first kappa shape index (κ1) is 32.0. The summed E-state index contributed by atoms with van der Waals surface area (Å²) in [5, 5.41) is 16.4. The zero-order chi connectivity index (χ0) is 33.5. The van der Waals surface area contributed by atoms with Crippen molar-refractivity contribution in [1.29, 1.82) is 0 Å². The van der Waals surface area contributed by atoms with Crippen molar-refractivity contribution >= 4 is 46.5 Å². The number of hydrogen-bond donors (Lipinski definition) is 2. The number of carboxylic acids is 1. The Balaban J connectivity index is 1.17. The maximum atomic E-state index is 14.8. The predicted octanol–water partition coefficient (Wildman–Crippen LogP) is 4.26. The minimum Gasteiger partial charge on any atom is -0.478 e. The summed E-state index contributed by atoms with van der Waals surface area (Å²) in [5.41, 5.74) is 4.21. The Morgan fingerprint density at radius 2 is 1.79 bits per heavy atom. The van der Waals surface area contributed by atoms with Crippen LogP contribution in [0.4, 0.5) is 15.8 Å². The van der Waals surface area contributed by atoms with Gasteiger partial charge in [0.2, 0.25) is 6.10 Å². The first-order valence-electron chi connectivity index (χ1n) is 16.0. The first-order chi connectivity index (χ1) is 23.2. The molecular weight excluding hydrogens is 641 g/mol. The van der Waals surface area contributed by atoms with Gasteiger partial charge >= 0.3 is 5.97 Å². The number of amides is 2. The molecular formula is C35H35ClFN5O6. The van der Waals surface area contributed by atoms with Crippen molar-refractivity contribution in [2.24, 2.45) is 5.16 Å². The smallest absolute Gasteiger partial charge is 0.335 e. The Morgan fingerprint density at radius 3 is 2.50 bits per heavy atom. The van der Waals surface area contributed by atoms with Crippen molar-refractivity contribution in [1.82, 2.24) is 9.80 Å². The van der Waals surface area contributed by atoms with Crippen molar-refractivity contribution in [3.8, 4) is 0 Å². The zero-order valence-corrected chi connectivity index (χ0v) is 27.1. The fourth-order valence-corrected chi connectivity index (χ4v) is 7.18. The van der Waals surface area contributed by atoms with Crippen LogP contribution in [-0.4, -0.2) is 96.5 Å². The number of piperazine rings is 1. The number of ether oxygens (including phenoxy) is 1. The molecule has 4 aliphatic rings. The molecule has 7 rings (SSSR count). The summed E-state index contributed by atoms with van der Waals surface area (Å²) < 4.78 is 20.2. The number of halogens is 2. The molecule has 2 saturated heterocycles. The Hall–Kier alpha value is -4.52. The summed E-state index contributed by atoms with van der Waals surface area (Å²) in [4.78, 5) is 51.8. The number of benzene rings is 3. The van der Waals surface area contributed by atoms with Crippen LogP contribution in [-0.2, 0) is 25.6 Å². The molecule has 0 aliphatic carbocycles. The zero-order valence-electron chi connectivity index (χ0n) is 26.3. The highest BCUT2D eigenvalue weighted by molar-refractivity contribution is 6.31. The number of fused-ring (bicyclic) bond motifs is 1. The summed E-state index contributed by atoms with van der Waals surface area (Å²) in [6, 6.07) is 14.5. The molecule has 0 unspecified atom stereocenters. The lowest BCUT2D eigenvalue weighted by molar-refractivity contribution is -0.148. The Morgan fingerprint density at radius 1 is 1.02 bits per heavy atom. The van der Waals surface area contributed by atoms with E-state index in [1.165, 1.54) is 29.2 Å². The largest absolute Gasteiger partial charge is 0.478 e. The predicted molar refractivity (Wildman–Crippen MR) is 177 cm³/mol. The van der Waals surface area contributed by atoms with Gasteiger partial charge in [0.05, 0.1) is 35.6 Å². The highest BCUT2D eigenvalue weighted by atomic mass is 35.5. The van der Waals surface area contributed by atoms with Gasteiger partial charge < -0.3 is 29.8 Å². The van der Waals surface area contributed by atoms with Crippen molar-refractivity contribution in [3.05, 3.63) is 93.3 Å². The highest BCUT2D eigenvalue weighted by Gasteiger charge is 2.43. The topological polar surface area (TPSA) is 124 Å². The summed E-state index contributed by atoms with van der Waals surface area (Å²) in [6.07, 6.45) is -0.521. The number of carbonyl (C=O) groups is 3. The van der Waals surface area contributed by atoms with Crippen molar-refractivity contribution < 1.29 is 33.5 Å². The minimum absolute atomic E-state index is 0.0139. The van der Waals surface area contributed by atoms with Crippen LogP contribution >= 0.6 is 11.6 Å². The number of aromatic carboxylic acids is 1. The fraction of sp³-hybridized carbons (Fsp3) is 0.371. The van der Waals surface area contributed by atoms with E-state index in [1.807, 2.05) is 12.1 Å². The fourth-order valence-electron chi connectivity index (χ4n) is 7.00. The number of rotatable bonds is 7. The second kappa shape index (κ2) is 13.2. The lowest BCUT2D eigenvalue weighted by Gasteiger charge is -2.44. The van der Waals surface area contributed by atoms with Gasteiger partial charge in [0.15, 0.2) is 5.82 Å². The van der Waals surface area contributed by atoms with E-state index >= 15 is 0 Å². The van der Waals surface area contributed by atoms with Crippen LogP contribution in [0.3, 0.4) is 0 Å². The third kappa shape index (κ3) is 5.99. The number of anilines is 2. The molecule has 2 atom stereocenters. The molecule has 250 valence electrons. The quantitative estimate of drug-likeness (QED) is 0.381. The molecule has 0 bridgehead atoms. The van der Waals surface area contributed by atoms with Crippen LogP contribution in [0.15, 0.2) is 59.8 Å². The molecule has 0 aromatic heterocycles. The molecule has 4 heterocycles. The second-order valence-corrected chi connectivity index (χ2v) is 12.9. The van der Waals surface area contributed by atoms with Gasteiger partial charge in [0.1, 0.15) is 6.04 Å². The standard InChI is InChI=1S/C35H35ClFN5O6/c1-20-16-21(8-9-23(20)35(45)46)38-33(43)32-25-4-3-7-29(41-14-12-40(13-15-41)22-18-47-19-22)24(25)10-11-42(32)34(44)30-17-28(39-48-30)26-5-2-6-27(36)31(26)37/h2-9,16,22,30,32H,10-15,17-19H2,1H3,(H,38,43)(H,45,46)/t30-,32-/m1/s1. The van der Waals surface area contributed by atoms with Crippen LogP contribution < -0.4 is 10.2 Å². The molecule has 11 nitrogen and oxygen atoms in total. The molecule has 0 radical (unpaired) electrons. The van der Waals surface area contributed by atoms with Crippen molar-refractivity contribution in [2.45, 2.75) is 38.0 Å². The molecule has 2 fully saturated rings. The highest BCUT2D eigenvalue weighted by Crippen LogP contribution is 2.38. The third-order valence-electron chi connectivity index (χ3n) is 9.65. The number of carboxylic acid groups (broad SMARTS) is 1. The van der Waals surface area contributed by atoms with Gasteiger partial charge in [-0.1, -0.05) is 35.0 Å². The van der Waals surface area contributed by atoms with Gasteiger partial charge in [0, 0.05) is 56.1 Å². The van der Waals surface area contributed by atoms with Gasteiger partial charge in [0.25, 0.3) is 11.8 Å². The Labute approximate surface area is 281 Å². The molecule has 13 heteroatoms. The van der Waals surface area contributed by atoms with Crippen LogP contribution in [0.1, 0.15) is 45.1 Å². The molecule has 4 aliphatic heterocycles. The van der Waals surface area contributed by atoms with E-state index < -0.39 is 35.7 Å².